The van der Waals surface area contributed by atoms with Crippen LogP contribution in [0.3, 0.4) is 0 Å². The number of hydrogen-bond acceptors (Lipinski definition) is 4. The zero-order valence-corrected chi connectivity index (χ0v) is 19.2. The van der Waals surface area contributed by atoms with Gasteiger partial charge in [0, 0.05) is 18.3 Å². The van der Waals surface area contributed by atoms with Crippen LogP contribution in [0.25, 0.3) is 5.57 Å². The monoisotopic (exact) mass is 459 g/mol. The fourth-order valence-corrected chi connectivity index (χ4v) is 3.87. The van der Waals surface area contributed by atoms with Crippen LogP contribution in [0.5, 0.6) is 0 Å². The molecule has 166 valence electrons. The van der Waals surface area contributed by atoms with Gasteiger partial charge in [0.2, 0.25) is 5.91 Å². The van der Waals surface area contributed by atoms with Gasteiger partial charge in [-0.15, -0.1) is 0 Å². The van der Waals surface area contributed by atoms with Crippen molar-refractivity contribution in [2.24, 2.45) is 0 Å². The Morgan fingerprint density at radius 2 is 1.52 bits per heavy atom. The Morgan fingerprint density at radius 3 is 2.15 bits per heavy atom. The predicted octanol–water partition coefficient (Wildman–Crippen LogP) is 5.31. The summed E-state index contributed by atoms with van der Waals surface area (Å²) in [5.41, 5.74) is 4.73. The van der Waals surface area contributed by atoms with Crippen LogP contribution in [-0.4, -0.2) is 17.7 Å². The number of rotatable bonds is 5. The molecule has 0 saturated carbocycles. The molecule has 0 atom stereocenters. The van der Waals surface area contributed by atoms with Gasteiger partial charge in [0.1, 0.15) is 5.70 Å². The first kappa shape index (κ1) is 22.3. The number of anilines is 3. The molecule has 3 amide bonds. The molecule has 1 aliphatic rings. The molecule has 0 aliphatic carbocycles. The maximum absolute atomic E-state index is 13.5. The molecule has 33 heavy (non-hydrogen) atoms. The van der Waals surface area contributed by atoms with Crippen molar-refractivity contribution in [3.05, 3.63) is 94.1 Å². The highest BCUT2D eigenvalue weighted by Gasteiger charge is 2.41. The number of hydrogen-bond donors (Lipinski definition) is 2. The molecule has 6 nitrogen and oxygen atoms in total. The van der Waals surface area contributed by atoms with E-state index in [1.54, 1.807) is 48.5 Å². The second-order valence-corrected chi connectivity index (χ2v) is 8.24. The Balaban J connectivity index is 1.79. The average Bonchev–Trinajstić information content (AvgIpc) is 3.01. The number of nitrogens with zero attached hydrogens (tertiary/aromatic N) is 1. The number of nitrogens with one attached hydrogen (secondary N) is 2. The molecule has 3 aromatic carbocycles. The minimum atomic E-state index is -0.493. The summed E-state index contributed by atoms with van der Waals surface area (Å²) in [6, 6.07) is 19.3. The van der Waals surface area contributed by atoms with Crippen LogP contribution in [0, 0.1) is 13.8 Å². The Bertz CT molecular complexity index is 1310. The van der Waals surface area contributed by atoms with Gasteiger partial charge in [-0.05, 0) is 66.9 Å². The summed E-state index contributed by atoms with van der Waals surface area (Å²) < 4.78 is 0. The molecule has 4 rings (SSSR count). The number of amides is 3. The maximum Gasteiger partial charge on any atom is 0.282 e. The lowest BCUT2D eigenvalue weighted by molar-refractivity contribution is -0.120. The van der Waals surface area contributed by atoms with E-state index in [-0.39, 0.29) is 17.2 Å². The van der Waals surface area contributed by atoms with Gasteiger partial charge in [0.05, 0.1) is 16.3 Å². The summed E-state index contributed by atoms with van der Waals surface area (Å²) in [5, 5.41) is 6.12. The molecule has 7 heteroatoms. The first-order valence-corrected chi connectivity index (χ1v) is 10.7. The smallest absolute Gasteiger partial charge is 0.282 e. The molecule has 0 spiro atoms. The molecule has 0 unspecified atom stereocenters. The van der Waals surface area contributed by atoms with E-state index in [2.05, 4.69) is 10.6 Å². The molecule has 0 saturated heterocycles. The fourth-order valence-electron chi connectivity index (χ4n) is 3.65. The van der Waals surface area contributed by atoms with Gasteiger partial charge in [-0.2, -0.15) is 0 Å². The van der Waals surface area contributed by atoms with Crippen LogP contribution in [0.15, 0.2) is 72.4 Å². The summed E-state index contributed by atoms with van der Waals surface area (Å²) >= 11 is 6.32. The number of benzene rings is 3. The second-order valence-electron chi connectivity index (χ2n) is 7.83. The van der Waals surface area contributed by atoms with Crippen molar-refractivity contribution in [3.63, 3.8) is 0 Å². The lowest BCUT2D eigenvalue weighted by atomic mass is 9.99. The van der Waals surface area contributed by atoms with Crippen LogP contribution in [0.2, 0.25) is 5.02 Å². The Hall–Kier alpha value is -3.90. The molecular weight excluding hydrogens is 438 g/mol. The summed E-state index contributed by atoms with van der Waals surface area (Å²) in [6.45, 7) is 5.38. The summed E-state index contributed by atoms with van der Waals surface area (Å²) in [6.07, 6.45) is 0. The molecule has 2 N–H and O–H groups in total. The molecule has 0 bridgehead atoms. The van der Waals surface area contributed by atoms with E-state index in [1.165, 1.54) is 6.92 Å². The van der Waals surface area contributed by atoms with Crippen molar-refractivity contribution >= 4 is 52.0 Å². The van der Waals surface area contributed by atoms with Crippen molar-refractivity contribution in [2.45, 2.75) is 20.8 Å². The summed E-state index contributed by atoms with van der Waals surface area (Å²) in [7, 11) is 0. The van der Waals surface area contributed by atoms with E-state index >= 15 is 0 Å². The molecule has 0 radical (unpaired) electrons. The Labute approximate surface area is 196 Å². The van der Waals surface area contributed by atoms with Crippen molar-refractivity contribution in [3.8, 4) is 0 Å². The number of carbonyl (C=O) groups excluding carboxylic acids is 3. The second kappa shape index (κ2) is 8.92. The minimum absolute atomic E-state index is 0.162. The number of carbonyl (C=O) groups is 3. The normalized spacial score (nSPS) is 13.5. The average molecular weight is 460 g/mol. The Morgan fingerprint density at radius 1 is 0.848 bits per heavy atom. The van der Waals surface area contributed by atoms with Crippen molar-refractivity contribution in [2.75, 3.05) is 15.5 Å². The predicted molar refractivity (Wildman–Crippen MR) is 131 cm³/mol. The lowest BCUT2D eigenvalue weighted by Crippen LogP contribution is -2.32. The van der Waals surface area contributed by atoms with Crippen LogP contribution >= 0.6 is 11.6 Å². The number of halogens is 1. The van der Waals surface area contributed by atoms with E-state index in [0.717, 1.165) is 16.0 Å². The standard InChI is InChI=1S/C26H22ClN3O3/c1-15-8-9-18(14-16(15)2)23-24(29-20-12-10-19(11-13-20)28-17(3)31)26(33)30(25(23)32)22-7-5-4-6-21(22)27/h4-14,29H,1-3H3,(H,28,31). The van der Waals surface area contributed by atoms with Gasteiger partial charge in [-0.25, -0.2) is 4.90 Å². The van der Waals surface area contributed by atoms with E-state index < -0.39 is 11.8 Å². The zero-order chi connectivity index (χ0) is 23.7. The minimum Gasteiger partial charge on any atom is -0.350 e. The molecular formula is C26H22ClN3O3. The van der Waals surface area contributed by atoms with Crippen LogP contribution in [-0.2, 0) is 14.4 Å². The van der Waals surface area contributed by atoms with Gasteiger partial charge in [0.15, 0.2) is 0 Å². The number of aryl methyl sites for hydroxylation is 2. The number of imide groups is 1. The highest BCUT2D eigenvalue weighted by atomic mass is 35.5. The molecule has 0 fully saturated rings. The van der Waals surface area contributed by atoms with E-state index in [4.69, 9.17) is 11.6 Å². The first-order valence-electron chi connectivity index (χ1n) is 10.4. The number of para-hydroxylation sites is 1. The topological polar surface area (TPSA) is 78.5 Å². The zero-order valence-electron chi connectivity index (χ0n) is 18.4. The fraction of sp³-hybridized carbons (Fsp3) is 0.115. The molecule has 1 aliphatic heterocycles. The SMILES string of the molecule is CC(=O)Nc1ccc(NC2=C(c3ccc(C)c(C)c3)C(=O)N(c3ccccc3Cl)C2=O)cc1. The van der Waals surface area contributed by atoms with Gasteiger partial charge in [-0.3, -0.25) is 14.4 Å². The largest absolute Gasteiger partial charge is 0.350 e. The third-order valence-electron chi connectivity index (χ3n) is 5.45. The van der Waals surface area contributed by atoms with Gasteiger partial charge < -0.3 is 10.6 Å². The Kier molecular flexibility index (Phi) is 6.03. The van der Waals surface area contributed by atoms with E-state index in [1.807, 2.05) is 32.0 Å². The highest BCUT2D eigenvalue weighted by molar-refractivity contribution is 6.48. The summed E-state index contributed by atoms with van der Waals surface area (Å²) in [4.78, 5) is 39.4. The van der Waals surface area contributed by atoms with Gasteiger partial charge in [-0.1, -0.05) is 41.9 Å². The summed E-state index contributed by atoms with van der Waals surface area (Å²) in [5.74, 6) is -1.12. The molecule has 0 aromatic heterocycles. The van der Waals surface area contributed by atoms with Crippen molar-refractivity contribution < 1.29 is 14.4 Å². The van der Waals surface area contributed by atoms with Crippen LogP contribution in [0.1, 0.15) is 23.6 Å². The molecule has 3 aromatic rings. The van der Waals surface area contributed by atoms with E-state index in [9.17, 15) is 14.4 Å². The third kappa shape index (κ3) is 4.38. The van der Waals surface area contributed by atoms with Crippen LogP contribution < -0.4 is 15.5 Å². The van der Waals surface area contributed by atoms with Crippen molar-refractivity contribution in [1.82, 2.24) is 0 Å². The molecule has 1 heterocycles. The maximum atomic E-state index is 13.5. The highest BCUT2D eigenvalue weighted by Crippen LogP contribution is 2.37. The lowest BCUT2D eigenvalue weighted by Gasteiger charge is -2.17. The van der Waals surface area contributed by atoms with Gasteiger partial charge >= 0.3 is 0 Å². The quantitative estimate of drug-likeness (QED) is 0.507. The first-order chi connectivity index (χ1) is 15.8. The third-order valence-corrected chi connectivity index (χ3v) is 5.77. The van der Waals surface area contributed by atoms with Crippen LogP contribution in [0.4, 0.5) is 17.1 Å². The van der Waals surface area contributed by atoms with Gasteiger partial charge in [0.25, 0.3) is 11.8 Å². The van der Waals surface area contributed by atoms with E-state index in [0.29, 0.717) is 27.6 Å². The van der Waals surface area contributed by atoms with Crippen molar-refractivity contribution in [1.29, 1.82) is 0 Å².